The van der Waals surface area contributed by atoms with E-state index in [9.17, 15) is 5.11 Å². The van der Waals surface area contributed by atoms with Gasteiger partial charge in [-0.15, -0.1) is 0 Å². The Bertz CT molecular complexity index is 406. The molecule has 6 heteroatoms. The van der Waals surface area contributed by atoms with E-state index < -0.39 is 14.2 Å². The average Bonchev–Trinajstić information content (AvgIpc) is 2.26. The molecule has 19 heavy (non-hydrogen) atoms. The van der Waals surface area contributed by atoms with Gasteiger partial charge in [0.15, 0.2) is 0 Å². The SMILES string of the molecule is CC(C)C=Nc1cccc(C(C)C)c1O.[Cl][W]([Cl])[Cl]. The monoisotopic (exact) mass is 494 g/mol. The molecule has 0 unspecified atom stereocenters. The molecule has 1 N–H and O–H groups in total. The van der Waals surface area contributed by atoms with E-state index in [0.717, 1.165) is 5.56 Å². The van der Waals surface area contributed by atoms with E-state index in [0.29, 0.717) is 23.3 Å². The van der Waals surface area contributed by atoms with Crippen LogP contribution in [0.3, 0.4) is 0 Å². The predicted octanol–water partition coefficient (Wildman–Crippen LogP) is 5.94. The van der Waals surface area contributed by atoms with E-state index >= 15 is 0 Å². The number of aromatic hydroxyl groups is 1. The van der Waals surface area contributed by atoms with Crippen LogP contribution in [0.4, 0.5) is 5.69 Å². The average molecular weight is 495 g/mol. The first-order valence-electron chi connectivity index (χ1n) is 5.84. The standard InChI is InChI=1S/C13H19NO.3ClH.W/c1-9(2)8-14-12-7-5-6-11(10(3)4)13(12)15;;;;/h5-10,15H,1-4H3;3*1H;/q;;;;+3/p-3. The van der Waals surface area contributed by atoms with Gasteiger partial charge in [-0.25, -0.2) is 0 Å². The zero-order valence-corrected chi connectivity index (χ0v) is 16.6. The van der Waals surface area contributed by atoms with Gasteiger partial charge in [-0.1, -0.05) is 39.8 Å². The van der Waals surface area contributed by atoms with Crippen molar-refractivity contribution in [3.8, 4) is 5.75 Å². The van der Waals surface area contributed by atoms with Crippen molar-refractivity contribution in [2.45, 2.75) is 33.6 Å². The number of para-hydroxylation sites is 1. The van der Waals surface area contributed by atoms with Crippen LogP contribution < -0.4 is 0 Å². The summed E-state index contributed by atoms with van der Waals surface area (Å²) in [6.07, 6.45) is 1.85. The fraction of sp³-hybridized carbons (Fsp3) is 0.462. The summed E-state index contributed by atoms with van der Waals surface area (Å²) < 4.78 is 0. The molecule has 2 nitrogen and oxygen atoms in total. The Hall–Kier alpha value is 0.248. The van der Waals surface area contributed by atoms with Crippen molar-refractivity contribution in [1.29, 1.82) is 0 Å². The molecule has 0 atom stereocenters. The Morgan fingerprint density at radius 1 is 1.16 bits per heavy atom. The Kier molecular flexibility index (Phi) is 10.2. The molecule has 0 radical (unpaired) electrons. The summed E-state index contributed by atoms with van der Waals surface area (Å²) in [5.41, 5.74) is 1.61. The summed E-state index contributed by atoms with van der Waals surface area (Å²) in [7, 11) is 15.0. The van der Waals surface area contributed by atoms with Gasteiger partial charge in [-0.3, -0.25) is 4.99 Å². The zero-order valence-electron chi connectivity index (χ0n) is 11.4. The third kappa shape index (κ3) is 8.91. The van der Waals surface area contributed by atoms with Gasteiger partial charge in [0.05, 0.1) is 0 Å². The first-order chi connectivity index (χ1) is 8.75. The molecule has 0 spiro atoms. The summed E-state index contributed by atoms with van der Waals surface area (Å²) in [4.78, 5) is 4.27. The molecule has 1 rings (SSSR count). The number of rotatable bonds is 3. The van der Waals surface area contributed by atoms with E-state index in [1.165, 1.54) is 0 Å². The Labute approximate surface area is 133 Å². The fourth-order valence-corrected chi connectivity index (χ4v) is 1.35. The second kappa shape index (κ2) is 10.0. The molecule has 0 saturated heterocycles. The first kappa shape index (κ1) is 19.2. The van der Waals surface area contributed by atoms with Crippen LogP contribution in [-0.2, 0) is 14.2 Å². The molecule has 0 heterocycles. The molecule has 1 aromatic rings. The minimum atomic E-state index is -2.11. The molecule has 0 amide bonds. The zero-order chi connectivity index (χ0) is 15.0. The molecule has 0 bridgehead atoms. The van der Waals surface area contributed by atoms with Crippen LogP contribution in [0.2, 0.25) is 0 Å². The first-order valence-corrected chi connectivity index (χ1v) is 16.7. The van der Waals surface area contributed by atoms with Crippen LogP contribution in [0.5, 0.6) is 5.75 Å². The normalized spacial score (nSPS) is 11.3. The van der Waals surface area contributed by atoms with Crippen LogP contribution in [0, 0.1) is 5.92 Å². The Morgan fingerprint density at radius 2 is 1.68 bits per heavy atom. The van der Waals surface area contributed by atoms with Gasteiger partial charge >= 0.3 is 42.4 Å². The molecule has 0 fully saturated rings. The summed E-state index contributed by atoms with van der Waals surface area (Å²) >= 11 is -2.11. The molecule has 0 aliphatic rings. The van der Waals surface area contributed by atoms with Crippen molar-refractivity contribution >= 4 is 40.2 Å². The predicted molar refractivity (Wildman–Crippen MR) is 82.7 cm³/mol. The van der Waals surface area contributed by atoms with E-state index in [2.05, 4.69) is 32.7 Å². The molecule has 0 saturated carbocycles. The van der Waals surface area contributed by atoms with Gasteiger partial charge in [-0.2, -0.15) is 0 Å². The third-order valence-electron chi connectivity index (χ3n) is 2.18. The molecule has 0 aliphatic heterocycles. The number of phenolic OH excluding ortho intramolecular Hbond substituents is 1. The number of benzene rings is 1. The molecule has 0 aliphatic carbocycles. The topological polar surface area (TPSA) is 32.6 Å². The van der Waals surface area contributed by atoms with Crippen molar-refractivity contribution in [2.75, 3.05) is 0 Å². The number of halogens is 3. The number of hydrogen-bond donors (Lipinski definition) is 1. The van der Waals surface area contributed by atoms with E-state index in [4.69, 9.17) is 28.3 Å². The van der Waals surface area contributed by atoms with Gasteiger partial charge in [0, 0.05) is 6.21 Å². The van der Waals surface area contributed by atoms with Gasteiger partial charge in [-0.05, 0) is 23.5 Å². The van der Waals surface area contributed by atoms with E-state index in [1.54, 1.807) is 0 Å². The second-order valence-corrected chi connectivity index (χ2v) is 17.3. The quantitative estimate of drug-likeness (QED) is 0.518. The van der Waals surface area contributed by atoms with E-state index in [-0.39, 0.29) is 0 Å². The molecule has 109 valence electrons. The van der Waals surface area contributed by atoms with Crippen LogP contribution in [0.25, 0.3) is 0 Å². The van der Waals surface area contributed by atoms with Crippen molar-refractivity contribution in [1.82, 2.24) is 0 Å². The van der Waals surface area contributed by atoms with Gasteiger partial charge in [0.2, 0.25) is 0 Å². The summed E-state index contributed by atoms with van der Waals surface area (Å²) in [6.45, 7) is 8.25. The summed E-state index contributed by atoms with van der Waals surface area (Å²) in [6, 6.07) is 5.70. The van der Waals surface area contributed by atoms with Gasteiger partial charge < -0.3 is 5.11 Å². The van der Waals surface area contributed by atoms with Crippen LogP contribution in [0.15, 0.2) is 23.2 Å². The van der Waals surface area contributed by atoms with Crippen LogP contribution in [-0.4, -0.2) is 11.3 Å². The van der Waals surface area contributed by atoms with Crippen molar-refractivity contribution in [3.05, 3.63) is 23.8 Å². The maximum absolute atomic E-state index is 9.96. The Balaban J connectivity index is 0.000000711. The number of nitrogens with zero attached hydrogens (tertiary/aromatic N) is 1. The van der Waals surface area contributed by atoms with Crippen LogP contribution in [0.1, 0.15) is 39.2 Å². The van der Waals surface area contributed by atoms with Gasteiger partial charge in [0.25, 0.3) is 0 Å². The molecular formula is C13H19Cl3NOW. The fourth-order valence-electron chi connectivity index (χ4n) is 1.35. The minimum absolute atomic E-state index is 0.310. The second-order valence-electron chi connectivity index (χ2n) is 4.57. The van der Waals surface area contributed by atoms with Crippen molar-refractivity contribution in [2.24, 2.45) is 10.9 Å². The van der Waals surface area contributed by atoms with Crippen LogP contribution >= 0.6 is 28.3 Å². The third-order valence-corrected chi connectivity index (χ3v) is 2.18. The van der Waals surface area contributed by atoms with Gasteiger partial charge in [0.1, 0.15) is 11.4 Å². The van der Waals surface area contributed by atoms with E-state index in [1.807, 2.05) is 24.4 Å². The Morgan fingerprint density at radius 3 is 2.11 bits per heavy atom. The summed E-state index contributed by atoms with van der Waals surface area (Å²) in [5.74, 6) is 1.02. The molecule has 1 aromatic carbocycles. The summed E-state index contributed by atoms with van der Waals surface area (Å²) in [5, 5.41) is 9.96. The molecule has 0 aromatic heterocycles. The molecular weight excluding hydrogens is 476 g/mol. The number of phenols is 1. The van der Waals surface area contributed by atoms with Crippen molar-refractivity contribution in [3.63, 3.8) is 0 Å². The maximum atomic E-state index is 9.96. The number of hydrogen-bond acceptors (Lipinski definition) is 2. The van der Waals surface area contributed by atoms with Crippen molar-refractivity contribution < 1.29 is 19.3 Å². The number of aliphatic imine (C=N–C) groups is 1.